The van der Waals surface area contributed by atoms with Gasteiger partial charge in [0.15, 0.2) is 0 Å². The van der Waals surface area contributed by atoms with Gasteiger partial charge in [0.05, 0.1) is 11.9 Å². The van der Waals surface area contributed by atoms with Crippen molar-refractivity contribution in [2.75, 3.05) is 17.8 Å². The highest BCUT2D eigenvalue weighted by Gasteiger charge is 2.10. The molecule has 0 aliphatic carbocycles. The fourth-order valence-electron chi connectivity index (χ4n) is 2.14. The van der Waals surface area contributed by atoms with Crippen molar-refractivity contribution in [1.82, 2.24) is 0 Å². The van der Waals surface area contributed by atoms with E-state index in [0.717, 1.165) is 28.1 Å². The number of rotatable bonds is 3. The molecule has 104 valence electrons. The summed E-state index contributed by atoms with van der Waals surface area (Å²) in [5, 5.41) is 6.36. The van der Waals surface area contributed by atoms with Crippen molar-refractivity contribution in [3.05, 3.63) is 58.7 Å². The molecule has 0 saturated carbocycles. The van der Waals surface area contributed by atoms with Crippen LogP contribution < -0.4 is 10.7 Å². The van der Waals surface area contributed by atoms with Crippen LogP contribution >= 0.6 is 0 Å². The van der Waals surface area contributed by atoms with Crippen molar-refractivity contribution < 1.29 is 0 Å². The molecule has 2 aromatic rings. The van der Waals surface area contributed by atoms with Gasteiger partial charge in [-0.2, -0.15) is 5.10 Å². The molecular weight excluding hydrogens is 246 g/mol. The van der Waals surface area contributed by atoms with Crippen LogP contribution in [-0.2, 0) is 0 Å². The maximum Gasteiger partial charge on any atom is 0.0643 e. The van der Waals surface area contributed by atoms with Crippen molar-refractivity contribution in [3.8, 4) is 0 Å². The highest BCUT2D eigenvalue weighted by molar-refractivity contribution is 5.80. The highest BCUT2D eigenvalue weighted by atomic mass is 15.4. The molecule has 0 heterocycles. The molecule has 0 aliphatic rings. The van der Waals surface area contributed by atoms with E-state index in [1.807, 2.05) is 55.5 Å². The second-order valence-corrected chi connectivity index (χ2v) is 5.06. The first-order chi connectivity index (χ1) is 9.50. The molecule has 0 amide bonds. The molecular formula is C17H21N3. The van der Waals surface area contributed by atoms with Crippen molar-refractivity contribution >= 4 is 17.6 Å². The number of anilines is 2. The van der Waals surface area contributed by atoms with Gasteiger partial charge in [0, 0.05) is 12.7 Å². The molecule has 0 spiro atoms. The van der Waals surface area contributed by atoms with Gasteiger partial charge in [-0.1, -0.05) is 30.3 Å². The Kier molecular flexibility index (Phi) is 4.08. The van der Waals surface area contributed by atoms with E-state index in [4.69, 9.17) is 5.73 Å². The highest BCUT2D eigenvalue weighted by Crippen LogP contribution is 2.30. The topological polar surface area (TPSA) is 41.6 Å². The van der Waals surface area contributed by atoms with E-state index in [0.29, 0.717) is 0 Å². The Balaban J connectivity index is 2.30. The minimum absolute atomic E-state index is 0.849. The van der Waals surface area contributed by atoms with Crippen molar-refractivity contribution in [2.45, 2.75) is 20.8 Å². The Morgan fingerprint density at radius 2 is 1.70 bits per heavy atom. The molecule has 0 fully saturated rings. The number of hydrogen-bond acceptors (Lipinski definition) is 3. The minimum atomic E-state index is 0.849. The summed E-state index contributed by atoms with van der Waals surface area (Å²) < 4.78 is 0. The summed E-state index contributed by atoms with van der Waals surface area (Å²) in [4.78, 5) is 0. The summed E-state index contributed by atoms with van der Waals surface area (Å²) in [5.74, 6) is 0. The van der Waals surface area contributed by atoms with Crippen LogP contribution in [0.1, 0.15) is 22.3 Å². The number of nitrogens with zero attached hydrogens (tertiary/aromatic N) is 2. The van der Waals surface area contributed by atoms with Gasteiger partial charge in [-0.3, -0.25) is 5.01 Å². The van der Waals surface area contributed by atoms with Gasteiger partial charge in [-0.05, 0) is 49.1 Å². The quantitative estimate of drug-likeness (QED) is 0.524. The lowest BCUT2D eigenvalue weighted by atomic mass is 10.0. The lowest BCUT2D eigenvalue weighted by Crippen LogP contribution is -2.12. The van der Waals surface area contributed by atoms with Crippen LogP contribution in [0.2, 0.25) is 0 Å². The van der Waals surface area contributed by atoms with Gasteiger partial charge in [0.2, 0.25) is 0 Å². The molecule has 0 aromatic heterocycles. The third-order valence-corrected chi connectivity index (χ3v) is 3.67. The zero-order chi connectivity index (χ0) is 14.7. The van der Waals surface area contributed by atoms with Gasteiger partial charge in [0.25, 0.3) is 0 Å². The zero-order valence-electron chi connectivity index (χ0n) is 12.5. The average molecular weight is 267 g/mol. The van der Waals surface area contributed by atoms with Gasteiger partial charge >= 0.3 is 0 Å². The van der Waals surface area contributed by atoms with Crippen molar-refractivity contribution in [3.63, 3.8) is 0 Å². The van der Waals surface area contributed by atoms with E-state index in [2.05, 4.69) is 25.0 Å². The third kappa shape index (κ3) is 2.82. The first kappa shape index (κ1) is 14.1. The summed E-state index contributed by atoms with van der Waals surface area (Å²) in [6.45, 7) is 6.16. The number of hydrazone groups is 1. The van der Waals surface area contributed by atoms with E-state index in [1.54, 1.807) is 0 Å². The van der Waals surface area contributed by atoms with E-state index in [9.17, 15) is 0 Å². The Labute approximate surface area is 120 Å². The maximum absolute atomic E-state index is 6.15. The first-order valence-electron chi connectivity index (χ1n) is 6.69. The first-order valence-corrected chi connectivity index (χ1v) is 6.69. The summed E-state index contributed by atoms with van der Waals surface area (Å²) in [7, 11) is 1.94. The summed E-state index contributed by atoms with van der Waals surface area (Å²) >= 11 is 0. The molecule has 3 heteroatoms. The second-order valence-electron chi connectivity index (χ2n) is 5.06. The monoisotopic (exact) mass is 267 g/mol. The summed E-state index contributed by atoms with van der Waals surface area (Å²) in [5.41, 5.74) is 12.5. The smallest absolute Gasteiger partial charge is 0.0643 e. The van der Waals surface area contributed by atoms with E-state index < -0.39 is 0 Å². The lowest BCUT2D eigenvalue weighted by molar-refractivity contribution is 1.01. The normalized spacial score (nSPS) is 11.0. The fraction of sp³-hybridized carbons (Fsp3) is 0.235. The number of aryl methyl sites for hydroxylation is 1. The number of nitrogens with two attached hydrogens (primary N) is 1. The van der Waals surface area contributed by atoms with E-state index in [1.165, 1.54) is 5.56 Å². The van der Waals surface area contributed by atoms with Crippen LogP contribution in [0.3, 0.4) is 0 Å². The van der Waals surface area contributed by atoms with Crippen LogP contribution in [0.4, 0.5) is 11.4 Å². The van der Waals surface area contributed by atoms with Crippen LogP contribution in [0.15, 0.2) is 41.5 Å². The molecule has 0 aliphatic heterocycles. The molecule has 3 nitrogen and oxygen atoms in total. The number of benzene rings is 2. The van der Waals surface area contributed by atoms with Crippen LogP contribution in [-0.4, -0.2) is 13.3 Å². The second kappa shape index (κ2) is 5.78. The Morgan fingerprint density at radius 1 is 1.05 bits per heavy atom. The Hall–Kier alpha value is -2.29. The number of nitrogen functional groups attached to an aromatic ring is 1. The van der Waals surface area contributed by atoms with E-state index >= 15 is 0 Å². The molecule has 0 bridgehead atoms. The Bertz CT molecular complexity index is 630. The van der Waals surface area contributed by atoms with Crippen LogP contribution in [0.25, 0.3) is 0 Å². The van der Waals surface area contributed by atoms with Gasteiger partial charge < -0.3 is 5.73 Å². The predicted octanol–water partition coefficient (Wildman–Crippen LogP) is 3.66. The fourth-order valence-corrected chi connectivity index (χ4v) is 2.14. The third-order valence-electron chi connectivity index (χ3n) is 3.67. The van der Waals surface area contributed by atoms with Crippen LogP contribution in [0.5, 0.6) is 0 Å². The lowest BCUT2D eigenvalue weighted by Gasteiger charge is -2.19. The average Bonchev–Trinajstić information content (AvgIpc) is 2.47. The minimum Gasteiger partial charge on any atom is -0.398 e. The van der Waals surface area contributed by atoms with Crippen molar-refractivity contribution in [2.24, 2.45) is 5.10 Å². The molecule has 0 radical (unpaired) electrons. The molecule has 0 atom stereocenters. The molecule has 2 aromatic carbocycles. The molecule has 0 saturated heterocycles. The molecule has 0 unspecified atom stereocenters. The SMILES string of the molecule is Cc1cc(N(C)N=Cc2ccccc2)c(C)c(N)c1C. The van der Waals surface area contributed by atoms with Crippen molar-refractivity contribution in [1.29, 1.82) is 0 Å². The number of hydrogen-bond donors (Lipinski definition) is 1. The Morgan fingerprint density at radius 3 is 2.35 bits per heavy atom. The molecule has 2 rings (SSSR count). The van der Waals surface area contributed by atoms with Gasteiger partial charge in [-0.15, -0.1) is 0 Å². The summed E-state index contributed by atoms with van der Waals surface area (Å²) in [6.07, 6.45) is 1.85. The molecule has 20 heavy (non-hydrogen) atoms. The standard InChI is InChI=1S/C17H21N3/c1-12-10-16(14(3)17(18)13(12)2)20(4)19-11-15-8-6-5-7-9-15/h5-11H,18H2,1-4H3. The zero-order valence-corrected chi connectivity index (χ0v) is 12.5. The van der Waals surface area contributed by atoms with Crippen LogP contribution in [0, 0.1) is 20.8 Å². The largest absolute Gasteiger partial charge is 0.398 e. The maximum atomic E-state index is 6.15. The van der Waals surface area contributed by atoms with E-state index in [-0.39, 0.29) is 0 Å². The predicted molar refractivity (Wildman–Crippen MR) is 87.5 cm³/mol. The van der Waals surface area contributed by atoms with Gasteiger partial charge in [0.1, 0.15) is 0 Å². The summed E-state index contributed by atoms with van der Waals surface area (Å²) in [6, 6.07) is 12.2. The molecule has 2 N–H and O–H groups in total. The van der Waals surface area contributed by atoms with Gasteiger partial charge in [-0.25, -0.2) is 0 Å².